The van der Waals surface area contributed by atoms with Crippen LogP contribution in [-0.2, 0) is 35.9 Å². The Bertz CT molecular complexity index is 1590. The summed E-state index contributed by atoms with van der Waals surface area (Å²) in [4.78, 5) is 6.79. The molecule has 264 valence electrons. The molecule has 1 unspecified atom stereocenters. The Morgan fingerprint density at radius 3 is 1.81 bits per heavy atom. The van der Waals surface area contributed by atoms with Crippen molar-refractivity contribution in [2.45, 2.75) is 113 Å². The summed E-state index contributed by atoms with van der Waals surface area (Å²) >= 11 is 2.41. The minimum atomic E-state index is -0.892. The summed E-state index contributed by atoms with van der Waals surface area (Å²) < 4.78 is 33.7. The molecule has 1 fully saturated rings. The third-order valence-electron chi connectivity index (χ3n) is 10.8. The number of para-hydroxylation sites is 2. The Labute approximate surface area is 306 Å². The summed E-state index contributed by atoms with van der Waals surface area (Å²) in [6, 6.07) is 16.9. The zero-order valence-corrected chi connectivity index (χ0v) is 35.2. The van der Waals surface area contributed by atoms with Crippen LogP contribution < -0.4 is 0 Å². The molecule has 2 aromatic heterocycles. The molecule has 3 heterocycles. The zero-order chi connectivity index (χ0) is 34.5. The molecule has 5 atom stereocenters. The van der Waals surface area contributed by atoms with Crippen molar-refractivity contribution in [3.63, 3.8) is 0 Å². The molecular weight excluding hydrogens is 748 g/mol. The molecule has 0 bridgehead atoms. The van der Waals surface area contributed by atoms with Gasteiger partial charge in [-0.15, -0.1) is 0 Å². The highest BCUT2D eigenvalue weighted by molar-refractivity contribution is 14.1. The maximum Gasteiger partial charge on any atom is 0.183 e. The number of fused-ring (bicyclic) bond motifs is 2. The molecule has 1 aliphatic heterocycles. The maximum absolute atomic E-state index is 6.92. The first kappa shape index (κ1) is 37.7. The fraction of sp³-hybridized carbons (Fsp3) is 0.579. The highest BCUT2D eigenvalue weighted by atomic mass is 127. The van der Waals surface area contributed by atoms with Crippen LogP contribution in [0.5, 0.6) is 0 Å². The molecule has 0 aliphatic carbocycles. The second-order valence-electron chi connectivity index (χ2n) is 15.5. The van der Waals surface area contributed by atoms with E-state index in [9.17, 15) is 0 Å². The summed E-state index contributed by atoms with van der Waals surface area (Å²) in [6.07, 6.45) is 5.52. The van der Waals surface area contributed by atoms with Crippen LogP contribution in [0.3, 0.4) is 0 Å². The van der Waals surface area contributed by atoms with E-state index in [1.54, 1.807) is 0 Å². The standard InChI is InChI=1S/C38H57IN2O5Si2/c1-24(2)37(5,6)47-45-32-21-33(46-48-38(7,8)25(3)4)36(43-20-18-27-23-41-31-16-12-10-14-29(27)31)44-34(32)35(39)42-19-17-26-22-40-30-15-11-9-13-28(26)30/h9-16,22-25,32-36,40-41H,17-21,47-48H2,1-8H3/t32-,33+,34-,35?,36-/m0/s1. The minimum absolute atomic E-state index is 0.112. The third kappa shape index (κ3) is 9.42. The number of benzene rings is 2. The van der Waals surface area contributed by atoms with Crippen LogP contribution in [0, 0.1) is 11.8 Å². The highest BCUT2D eigenvalue weighted by Gasteiger charge is 2.44. The fourth-order valence-electron chi connectivity index (χ4n) is 5.81. The molecule has 0 spiro atoms. The van der Waals surface area contributed by atoms with Gasteiger partial charge < -0.3 is 33.0 Å². The maximum atomic E-state index is 6.92. The van der Waals surface area contributed by atoms with Crippen molar-refractivity contribution in [1.29, 1.82) is 0 Å². The van der Waals surface area contributed by atoms with Gasteiger partial charge in [-0.1, -0.05) is 91.8 Å². The van der Waals surface area contributed by atoms with Crippen LogP contribution in [0.4, 0.5) is 0 Å². The molecule has 1 aliphatic rings. The molecule has 5 rings (SSSR count). The summed E-state index contributed by atoms with van der Waals surface area (Å²) in [5.41, 5.74) is 4.82. The molecule has 0 amide bonds. The zero-order valence-electron chi connectivity index (χ0n) is 30.2. The lowest BCUT2D eigenvalue weighted by Gasteiger charge is -2.44. The first-order valence-electron chi connectivity index (χ1n) is 17.7. The van der Waals surface area contributed by atoms with Crippen LogP contribution in [0.1, 0.15) is 72.9 Å². The lowest BCUT2D eigenvalue weighted by molar-refractivity contribution is -0.266. The van der Waals surface area contributed by atoms with Crippen LogP contribution in [-0.4, -0.2) is 71.4 Å². The summed E-state index contributed by atoms with van der Waals surface area (Å²) in [5, 5.41) is 2.82. The number of aromatic amines is 2. The smallest absolute Gasteiger partial charge is 0.183 e. The van der Waals surface area contributed by atoms with Gasteiger partial charge in [-0.2, -0.15) is 0 Å². The molecule has 2 N–H and O–H groups in total. The number of rotatable bonds is 17. The third-order valence-corrected chi connectivity index (χ3v) is 16.2. The van der Waals surface area contributed by atoms with Gasteiger partial charge in [0.1, 0.15) is 10.2 Å². The lowest BCUT2D eigenvalue weighted by atomic mass is 9.99. The SMILES string of the molecule is CC(C)C(C)(C)[SiH2]O[C@H]1C[C@@H](O[SiH2]C(C)(C)C(C)C)[C@@H](OCCc2c[nH]c3ccccc23)O[C@@H]1C(I)OCCc1c[nH]c2ccccc12. The van der Waals surface area contributed by atoms with E-state index in [0.29, 0.717) is 25.0 Å². The molecule has 7 nitrogen and oxygen atoms in total. The second-order valence-corrected chi connectivity index (χ2v) is 21.6. The van der Waals surface area contributed by atoms with E-state index in [0.717, 1.165) is 30.3 Å². The number of aromatic nitrogens is 2. The number of ether oxygens (including phenoxy) is 3. The van der Waals surface area contributed by atoms with Gasteiger partial charge in [0.25, 0.3) is 0 Å². The fourth-order valence-corrected chi connectivity index (χ4v) is 9.27. The van der Waals surface area contributed by atoms with Gasteiger partial charge in [0, 0.05) is 40.6 Å². The van der Waals surface area contributed by atoms with Crippen molar-refractivity contribution < 1.29 is 23.1 Å². The van der Waals surface area contributed by atoms with Crippen LogP contribution in [0.2, 0.25) is 10.1 Å². The predicted octanol–water partition coefficient (Wildman–Crippen LogP) is 7.99. The molecule has 48 heavy (non-hydrogen) atoms. The summed E-state index contributed by atoms with van der Waals surface area (Å²) in [6.45, 7) is 19.6. The van der Waals surface area contributed by atoms with Crippen LogP contribution in [0.15, 0.2) is 60.9 Å². The Morgan fingerprint density at radius 2 is 1.27 bits per heavy atom. The van der Waals surface area contributed by atoms with Gasteiger partial charge in [-0.25, -0.2) is 0 Å². The first-order chi connectivity index (χ1) is 22.9. The van der Waals surface area contributed by atoms with E-state index in [1.165, 1.54) is 21.9 Å². The van der Waals surface area contributed by atoms with Crippen molar-refractivity contribution in [3.05, 3.63) is 72.1 Å². The van der Waals surface area contributed by atoms with Crippen molar-refractivity contribution in [2.24, 2.45) is 11.8 Å². The minimum Gasteiger partial charge on any atom is -0.418 e. The van der Waals surface area contributed by atoms with E-state index in [-0.39, 0.29) is 32.5 Å². The van der Waals surface area contributed by atoms with E-state index < -0.39 is 25.8 Å². The summed E-state index contributed by atoms with van der Waals surface area (Å²) in [7, 11) is -1.78. The number of hydrogen-bond donors (Lipinski definition) is 2. The van der Waals surface area contributed by atoms with Gasteiger partial charge in [0.2, 0.25) is 0 Å². The number of alkyl halides is 1. The monoisotopic (exact) mass is 804 g/mol. The molecule has 4 aromatic rings. The Hall–Kier alpha value is -1.52. The van der Waals surface area contributed by atoms with E-state index in [4.69, 9.17) is 23.1 Å². The van der Waals surface area contributed by atoms with Gasteiger partial charge >= 0.3 is 0 Å². The molecular formula is C38H57IN2O5Si2. The topological polar surface area (TPSA) is 77.7 Å². The average Bonchev–Trinajstić information content (AvgIpc) is 3.67. The van der Waals surface area contributed by atoms with E-state index in [1.807, 2.05) is 0 Å². The van der Waals surface area contributed by atoms with Crippen molar-refractivity contribution in [3.8, 4) is 0 Å². The van der Waals surface area contributed by atoms with Gasteiger partial charge in [0.05, 0.1) is 25.4 Å². The first-order valence-corrected chi connectivity index (χ1v) is 21.5. The van der Waals surface area contributed by atoms with E-state index in [2.05, 4.69) is 149 Å². The van der Waals surface area contributed by atoms with Crippen molar-refractivity contribution >= 4 is 63.9 Å². The lowest BCUT2D eigenvalue weighted by Crippen LogP contribution is -2.55. The average molecular weight is 805 g/mol. The number of hydrogen-bond acceptors (Lipinski definition) is 5. The van der Waals surface area contributed by atoms with Crippen LogP contribution in [0.25, 0.3) is 21.8 Å². The highest BCUT2D eigenvalue weighted by Crippen LogP contribution is 2.38. The Morgan fingerprint density at radius 1 is 0.771 bits per heavy atom. The Balaban J connectivity index is 1.31. The van der Waals surface area contributed by atoms with Gasteiger partial charge in [-0.05, 0) is 80.6 Å². The van der Waals surface area contributed by atoms with Gasteiger partial charge in [0.15, 0.2) is 25.8 Å². The van der Waals surface area contributed by atoms with Crippen LogP contribution >= 0.6 is 22.6 Å². The summed E-state index contributed by atoms with van der Waals surface area (Å²) in [5.74, 6) is 1.08. The molecule has 1 saturated heterocycles. The number of H-pyrrole nitrogens is 2. The van der Waals surface area contributed by atoms with E-state index >= 15 is 0 Å². The molecule has 0 saturated carbocycles. The molecule has 10 heteroatoms. The quantitative estimate of drug-likeness (QED) is 0.0644. The van der Waals surface area contributed by atoms with Gasteiger partial charge in [-0.3, -0.25) is 0 Å². The number of nitrogens with one attached hydrogen (secondary N) is 2. The largest absolute Gasteiger partial charge is 0.418 e. The molecule has 0 radical (unpaired) electrons. The predicted molar refractivity (Wildman–Crippen MR) is 212 cm³/mol. The molecule has 2 aromatic carbocycles. The normalized spacial score (nSPS) is 22.1. The van der Waals surface area contributed by atoms with Crippen molar-refractivity contribution in [2.75, 3.05) is 13.2 Å². The number of halogens is 1. The Kier molecular flexibility index (Phi) is 13.1. The second kappa shape index (κ2) is 16.7. The van der Waals surface area contributed by atoms with Crippen molar-refractivity contribution in [1.82, 2.24) is 9.97 Å².